The van der Waals surface area contributed by atoms with Crippen LogP contribution in [0.5, 0.6) is 0 Å². The van der Waals surface area contributed by atoms with E-state index in [1.807, 2.05) is 30.3 Å². The van der Waals surface area contributed by atoms with Gasteiger partial charge in [-0.3, -0.25) is 0 Å². The number of aromatic nitrogens is 4. The van der Waals surface area contributed by atoms with E-state index in [4.69, 9.17) is 0 Å². The molecule has 1 fully saturated rings. The summed E-state index contributed by atoms with van der Waals surface area (Å²) in [6.07, 6.45) is 5.27. The molecule has 2 atom stereocenters. The summed E-state index contributed by atoms with van der Waals surface area (Å²) in [4.78, 5) is 0. The van der Waals surface area contributed by atoms with E-state index in [0.717, 1.165) is 24.0 Å². The second-order valence-electron chi connectivity index (χ2n) is 5.59. The molecule has 5 heteroatoms. The Kier molecular flexibility index (Phi) is 4.06. The smallest absolute Gasteiger partial charge is 0.170 e. The first kappa shape index (κ1) is 13.2. The van der Waals surface area contributed by atoms with Crippen LogP contribution in [0.25, 0.3) is 5.69 Å². The summed E-state index contributed by atoms with van der Waals surface area (Å²) in [5.74, 6) is 1.61. The van der Waals surface area contributed by atoms with Crippen LogP contribution in [0.1, 0.15) is 38.4 Å². The van der Waals surface area contributed by atoms with Crippen molar-refractivity contribution in [3.63, 3.8) is 0 Å². The van der Waals surface area contributed by atoms with Gasteiger partial charge in [-0.25, -0.2) is 0 Å². The third-order valence-corrected chi connectivity index (χ3v) is 4.17. The number of benzene rings is 1. The number of para-hydroxylation sites is 1. The maximum absolute atomic E-state index is 4.14. The Labute approximate surface area is 119 Å². The van der Waals surface area contributed by atoms with Gasteiger partial charge in [-0.05, 0) is 41.3 Å². The molecule has 5 nitrogen and oxygen atoms in total. The molecular weight excluding hydrogens is 250 g/mol. The number of hydrogen-bond donors (Lipinski definition) is 1. The molecule has 0 bridgehead atoms. The topological polar surface area (TPSA) is 55.6 Å². The molecule has 1 heterocycles. The summed E-state index contributed by atoms with van der Waals surface area (Å²) >= 11 is 0. The Morgan fingerprint density at radius 2 is 2.00 bits per heavy atom. The van der Waals surface area contributed by atoms with Gasteiger partial charge in [-0.2, -0.15) is 4.68 Å². The number of hydrogen-bond acceptors (Lipinski definition) is 4. The largest absolute Gasteiger partial charge is 0.307 e. The van der Waals surface area contributed by atoms with E-state index in [0.29, 0.717) is 6.04 Å². The van der Waals surface area contributed by atoms with Crippen molar-refractivity contribution in [3.8, 4) is 5.69 Å². The van der Waals surface area contributed by atoms with Crippen LogP contribution >= 0.6 is 0 Å². The molecule has 2 unspecified atom stereocenters. The highest BCUT2D eigenvalue weighted by Crippen LogP contribution is 2.23. The average molecular weight is 271 g/mol. The molecule has 1 aliphatic carbocycles. The van der Waals surface area contributed by atoms with Gasteiger partial charge in [0.15, 0.2) is 5.82 Å². The fraction of sp³-hybridized carbons (Fsp3) is 0.533. The second kappa shape index (κ2) is 6.13. The first-order valence-electron chi connectivity index (χ1n) is 7.40. The van der Waals surface area contributed by atoms with Gasteiger partial charge in [-0.1, -0.05) is 38.0 Å². The molecule has 20 heavy (non-hydrogen) atoms. The van der Waals surface area contributed by atoms with Crippen LogP contribution in [0, 0.1) is 5.92 Å². The van der Waals surface area contributed by atoms with Gasteiger partial charge in [0.05, 0.1) is 12.2 Å². The molecule has 1 aromatic heterocycles. The standard InChI is InChI=1S/C15H21N5/c1-12-7-5-6-10-14(12)16-11-15-17-18-19-20(15)13-8-3-2-4-9-13/h2-4,8-9,12,14,16H,5-7,10-11H2,1H3. The zero-order chi connectivity index (χ0) is 13.8. The monoisotopic (exact) mass is 271 g/mol. The van der Waals surface area contributed by atoms with Crippen molar-refractivity contribution in [3.05, 3.63) is 36.2 Å². The Bertz CT molecular complexity index is 536. The van der Waals surface area contributed by atoms with E-state index in [1.54, 1.807) is 4.68 Å². The number of tetrazole rings is 1. The van der Waals surface area contributed by atoms with Gasteiger partial charge in [0.25, 0.3) is 0 Å². The molecule has 1 N–H and O–H groups in total. The summed E-state index contributed by atoms with van der Waals surface area (Å²) in [6.45, 7) is 3.05. The lowest BCUT2D eigenvalue weighted by atomic mass is 9.86. The third kappa shape index (κ3) is 2.88. The Morgan fingerprint density at radius 1 is 1.20 bits per heavy atom. The summed E-state index contributed by atoms with van der Waals surface area (Å²) < 4.78 is 1.81. The molecule has 3 rings (SSSR count). The molecule has 1 aromatic carbocycles. The molecule has 0 aliphatic heterocycles. The van der Waals surface area contributed by atoms with E-state index < -0.39 is 0 Å². The predicted octanol–water partition coefficient (Wildman–Crippen LogP) is 2.33. The van der Waals surface area contributed by atoms with Gasteiger partial charge in [0.1, 0.15) is 0 Å². The van der Waals surface area contributed by atoms with E-state index in [9.17, 15) is 0 Å². The summed E-state index contributed by atoms with van der Waals surface area (Å²) in [7, 11) is 0. The normalized spacial score (nSPS) is 22.9. The number of nitrogens with zero attached hydrogens (tertiary/aromatic N) is 4. The highest BCUT2D eigenvalue weighted by Gasteiger charge is 2.21. The van der Waals surface area contributed by atoms with Crippen molar-refractivity contribution in [1.29, 1.82) is 0 Å². The van der Waals surface area contributed by atoms with Gasteiger partial charge in [0, 0.05) is 6.04 Å². The van der Waals surface area contributed by atoms with Crippen molar-refractivity contribution in [1.82, 2.24) is 25.5 Å². The van der Waals surface area contributed by atoms with Gasteiger partial charge in [0.2, 0.25) is 0 Å². The molecule has 106 valence electrons. The lowest BCUT2D eigenvalue weighted by Gasteiger charge is -2.29. The summed E-state index contributed by atoms with van der Waals surface area (Å²) in [5, 5.41) is 15.7. The minimum atomic E-state index is 0.588. The molecule has 1 saturated carbocycles. The van der Waals surface area contributed by atoms with E-state index >= 15 is 0 Å². The van der Waals surface area contributed by atoms with Crippen molar-refractivity contribution < 1.29 is 0 Å². The number of nitrogens with one attached hydrogen (secondary N) is 1. The molecule has 0 spiro atoms. The molecule has 2 aromatic rings. The lowest BCUT2D eigenvalue weighted by molar-refractivity contribution is 0.277. The van der Waals surface area contributed by atoms with Crippen LogP contribution < -0.4 is 5.32 Å². The lowest BCUT2D eigenvalue weighted by Crippen LogP contribution is -2.37. The molecule has 0 radical (unpaired) electrons. The van der Waals surface area contributed by atoms with Gasteiger partial charge < -0.3 is 5.32 Å². The minimum Gasteiger partial charge on any atom is -0.307 e. The van der Waals surface area contributed by atoms with Crippen LogP contribution in [0.2, 0.25) is 0 Å². The highest BCUT2D eigenvalue weighted by molar-refractivity contribution is 5.30. The average Bonchev–Trinajstić information content (AvgIpc) is 2.96. The van der Waals surface area contributed by atoms with Crippen LogP contribution in [0.4, 0.5) is 0 Å². The zero-order valence-corrected chi connectivity index (χ0v) is 11.9. The first-order chi connectivity index (χ1) is 9.84. The Hall–Kier alpha value is -1.75. The molecule has 0 saturated heterocycles. The van der Waals surface area contributed by atoms with Crippen LogP contribution in [0.15, 0.2) is 30.3 Å². The van der Waals surface area contributed by atoms with Crippen molar-refractivity contribution in [2.75, 3.05) is 0 Å². The van der Waals surface area contributed by atoms with Crippen molar-refractivity contribution >= 4 is 0 Å². The van der Waals surface area contributed by atoms with Crippen LogP contribution in [-0.4, -0.2) is 26.2 Å². The van der Waals surface area contributed by atoms with E-state index in [-0.39, 0.29) is 0 Å². The van der Waals surface area contributed by atoms with E-state index in [2.05, 4.69) is 27.8 Å². The first-order valence-corrected chi connectivity index (χ1v) is 7.40. The summed E-state index contributed by atoms with van der Waals surface area (Å²) in [5.41, 5.74) is 1.01. The van der Waals surface area contributed by atoms with Gasteiger partial charge >= 0.3 is 0 Å². The molecule has 1 aliphatic rings. The molecule has 0 amide bonds. The van der Waals surface area contributed by atoms with Crippen LogP contribution in [0.3, 0.4) is 0 Å². The highest BCUT2D eigenvalue weighted by atomic mass is 15.5. The van der Waals surface area contributed by atoms with E-state index in [1.165, 1.54) is 25.7 Å². The minimum absolute atomic E-state index is 0.588. The summed E-state index contributed by atoms with van der Waals surface area (Å²) in [6, 6.07) is 10.6. The van der Waals surface area contributed by atoms with Gasteiger partial charge in [-0.15, -0.1) is 5.10 Å². The van der Waals surface area contributed by atoms with Crippen molar-refractivity contribution in [2.45, 2.75) is 45.2 Å². The maximum atomic E-state index is 4.14. The number of rotatable bonds is 4. The zero-order valence-electron chi connectivity index (χ0n) is 11.9. The maximum Gasteiger partial charge on any atom is 0.170 e. The SMILES string of the molecule is CC1CCCCC1NCc1nnnn1-c1ccccc1. The molecular formula is C15H21N5. The third-order valence-electron chi connectivity index (χ3n) is 4.17. The Morgan fingerprint density at radius 3 is 2.80 bits per heavy atom. The Balaban J connectivity index is 1.68. The fourth-order valence-corrected chi connectivity index (χ4v) is 2.93. The fourth-order valence-electron chi connectivity index (χ4n) is 2.93. The predicted molar refractivity (Wildman–Crippen MR) is 77.4 cm³/mol. The quantitative estimate of drug-likeness (QED) is 0.927. The van der Waals surface area contributed by atoms with Crippen molar-refractivity contribution in [2.24, 2.45) is 5.92 Å². The van der Waals surface area contributed by atoms with Crippen LogP contribution in [-0.2, 0) is 6.54 Å². The second-order valence-corrected chi connectivity index (χ2v) is 5.59.